The lowest BCUT2D eigenvalue weighted by Gasteiger charge is -2.17. The molecule has 0 atom stereocenters. The molecule has 2 aromatic heterocycles. The van der Waals surface area contributed by atoms with E-state index in [0.29, 0.717) is 23.2 Å². The Kier molecular flexibility index (Phi) is 6.98. The number of para-hydroxylation sites is 2. The van der Waals surface area contributed by atoms with Crippen LogP contribution in [0.25, 0.3) is 61.4 Å². The fourth-order valence-electron chi connectivity index (χ4n) is 6.01. The Balaban J connectivity index is 1.57. The topological polar surface area (TPSA) is 50.9 Å². The number of fused-ring (bicyclic) bond motifs is 2. The van der Waals surface area contributed by atoms with Gasteiger partial charge >= 0.3 is 0 Å². The van der Waals surface area contributed by atoms with Gasteiger partial charge in [-0.25, -0.2) is 9.97 Å². The summed E-state index contributed by atoms with van der Waals surface area (Å²) in [5.74, 6) is 1.62. The molecule has 0 spiro atoms. The number of pyridine rings is 1. The normalized spacial score (nSPS) is 11.7. The van der Waals surface area contributed by atoms with Crippen molar-refractivity contribution in [2.75, 3.05) is 0 Å². The highest BCUT2D eigenvalue weighted by Crippen LogP contribution is 2.40. The maximum atomic E-state index is 11.1. The van der Waals surface area contributed by atoms with E-state index in [2.05, 4.69) is 111 Å². The summed E-state index contributed by atoms with van der Waals surface area (Å²) in [6.07, 6.45) is 0. The fourth-order valence-corrected chi connectivity index (χ4v) is 6.01. The van der Waals surface area contributed by atoms with Crippen molar-refractivity contribution < 1.29 is 5.11 Å². The van der Waals surface area contributed by atoms with Crippen LogP contribution < -0.4 is 0 Å². The molecule has 0 aliphatic carbocycles. The zero-order chi connectivity index (χ0) is 30.4. The summed E-state index contributed by atoms with van der Waals surface area (Å²) >= 11 is 0. The molecule has 2 heterocycles. The second-order valence-electron chi connectivity index (χ2n) is 12.1. The van der Waals surface area contributed by atoms with Crippen LogP contribution in [0.15, 0.2) is 121 Å². The molecule has 4 heteroatoms. The average molecular weight is 574 g/mol. The zero-order valence-electron chi connectivity index (χ0n) is 25.5. The summed E-state index contributed by atoms with van der Waals surface area (Å²) in [6.45, 7) is 8.92. The van der Waals surface area contributed by atoms with Gasteiger partial charge in [0.25, 0.3) is 0 Å². The average Bonchev–Trinajstić information content (AvgIpc) is 3.44. The van der Waals surface area contributed by atoms with Gasteiger partial charge in [0.2, 0.25) is 0 Å². The molecule has 0 unspecified atom stereocenters. The number of hydrogen-bond donors (Lipinski definition) is 1. The smallest absolute Gasteiger partial charge is 0.149 e. The number of aromatic nitrogens is 3. The third kappa shape index (κ3) is 4.83. The third-order valence-electron chi connectivity index (χ3n) is 8.45. The maximum Gasteiger partial charge on any atom is 0.149 e. The Labute approximate surface area is 258 Å². The first-order valence-corrected chi connectivity index (χ1v) is 15.3. The number of imidazole rings is 1. The van der Waals surface area contributed by atoms with Crippen LogP contribution in [-0.4, -0.2) is 19.6 Å². The van der Waals surface area contributed by atoms with Gasteiger partial charge in [-0.05, 0) is 64.7 Å². The van der Waals surface area contributed by atoms with Gasteiger partial charge in [-0.1, -0.05) is 113 Å². The highest BCUT2D eigenvalue weighted by Gasteiger charge is 2.22. The van der Waals surface area contributed by atoms with E-state index in [1.165, 1.54) is 11.1 Å². The molecule has 0 radical (unpaired) electrons. The Morgan fingerprint density at radius 3 is 2.00 bits per heavy atom. The molecule has 0 saturated carbocycles. The van der Waals surface area contributed by atoms with Gasteiger partial charge < -0.3 is 5.11 Å². The number of phenols is 1. The zero-order valence-corrected chi connectivity index (χ0v) is 25.5. The van der Waals surface area contributed by atoms with Crippen LogP contribution in [0.5, 0.6) is 5.75 Å². The molecule has 0 aliphatic rings. The summed E-state index contributed by atoms with van der Waals surface area (Å²) < 4.78 is 2.20. The first kappa shape index (κ1) is 27.6. The SMILES string of the molecule is CC(C)c1cc(C(C)C)cc(-n2c(-c3ccccc3O)nc3c(-c4nc(-c5ccccc5)cc5ccccc45)cccc32)c1. The van der Waals surface area contributed by atoms with Crippen molar-refractivity contribution in [1.82, 2.24) is 14.5 Å². The molecule has 0 aliphatic heterocycles. The van der Waals surface area contributed by atoms with Crippen molar-refractivity contribution in [3.63, 3.8) is 0 Å². The van der Waals surface area contributed by atoms with Crippen molar-refractivity contribution in [3.05, 3.63) is 132 Å². The molecule has 0 bridgehead atoms. The summed E-state index contributed by atoms with van der Waals surface area (Å²) in [7, 11) is 0. The summed E-state index contributed by atoms with van der Waals surface area (Å²) in [6, 6.07) is 41.5. The molecule has 216 valence electrons. The van der Waals surface area contributed by atoms with E-state index >= 15 is 0 Å². The maximum absolute atomic E-state index is 11.1. The van der Waals surface area contributed by atoms with Crippen molar-refractivity contribution >= 4 is 21.8 Å². The molecule has 5 aromatic carbocycles. The van der Waals surface area contributed by atoms with Crippen LogP contribution in [0, 0.1) is 0 Å². The van der Waals surface area contributed by atoms with E-state index in [1.807, 2.05) is 36.4 Å². The molecule has 4 nitrogen and oxygen atoms in total. The number of nitrogens with zero attached hydrogens (tertiary/aromatic N) is 3. The molecular formula is C40H35N3O. The van der Waals surface area contributed by atoms with Crippen molar-refractivity contribution in [2.24, 2.45) is 0 Å². The van der Waals surface area contributed by atoms with E-state index in [0.717, 1.165) is 50.0 Å². The Bertz CT molecular complexity index is 2110. The quantitative estimate of drug-likeness (QED) is 0.215. The van der Waals surface area contributed by atoms with Crippen molar-refractivity contribution in [2.45, 2.75) is 39.5 Å². The summed E-state index contributed by atoms with van der Waals surface area (Å²) in [4.78, 5) is 10.6. The van der Waals surface area contributed by atoms with Crippen molar-refractivity contribution in [1.29, 1.82) is 0 Å². The number of aromatic hydroxyl groups is 1. The second-order valence-corrected chi connectivity index (χ2v) is 12.1. The highest BCUT2D eigenvalue weighted by molar-refractivity contribution is 6.04. The Morgan fingerprint density at radius 1 is 0.614 bits per heavy atom. The van der Waals surface area contributed by atoms with Gasteiger partial charge in [0.15, 0.2) is 0 Å². The highest BCUT2D eigenvalue weighted by atomic mass is 16.3. The monoisotopic (exact) mass is 573 g/mol. The molecule has 0 fully saturated rings. The standard InChI is InChI=1S/C40H35N3O/c1-25(2)29-21-30(26(3)4)23-31(22-29)43-36-19-12-18-34(39(36)42-40(43)33-17-10-11-20-37(33)44)38-32-16-9-8-15-28(32)24-35(41-38)27-13-6-5-7-14-27/h5-26,44H,1-4H3. The minimum absolute atomic E-state index is 0.198. The molecular weight excluding hydrogens is 538 g/mol. The van der Waals surface area contributed by atoms with Gasteiger partial charge in [0.05, 0.1) is 28.0 Å². The van der Waals surface area contributed by atoms with E-state index in [9.17, 15) is 5.11 Å². The fraction of sp³-hybridized carbons (Fsp3) is 0.150. The first-order chi connectivity index (χ1) is 21.4. The minimum Gasteiger partial charge on any atom is -0.507 e. The van der Waals surface area contributed by atoms with Crippen LogP contribution in [-0.2, 0) is 0 Å². The number of rotatable bonds is 6. The lowest BCUT2D eigenvalue weighted by Crippen LogP contribution is -2.02. The van der Waals surface area contributed by atoms with Gasteiger partial charge in [-0.3, -0.25) is 4.57 Å². The molecule has 1 N–H and O–H groups in total. The largest absolute Gasteiger partial charge is 0.507 e. The van der Waals surface area contributed by atoms with E-state index in [-0.39, 0.29) is 5.75 Å². The van der Waals surface area contributed by atoms with Gasteiger partial charge in [0, 0.05) is 22.2 Å². The number of phenolic OH excluding ortho intramolecular Hbond substituents is 1. The van der Waals surface area contributed by atoms with Crippen molar-refractivity contribution in [3.8, 4) is 45.3 Å². The van der Waals surface area contributed by atoms with Crippen LogP contribution >= 0.6 is 0 Å². The van der Waals surface area contributed by atoms with Gasteiger partial charge in [-0.15, -0.1) is 0 Å². The predicted molar refractivity (Wildman–Crippen MR) is 183 cm³/mol. The van der Waals surface area contributed by atoms with Crippen LogP contribution in [0.1, 0.15) is 50.7 Å². The van der Waals surface area contributed by atoms with E-state index in [1.54, 1.807) is 6.07 Å². The van der Waals surface area contributed by atoms with E-state index < -0.39 is 0 Å². The van der Waals surface area contributed by atoms with Gasteiger partial charge in [0.1, 0.15) is 11.6 Å². The molecule has 7 rings (SSSR count). The molecule has 0 amide bonds. The number of benzene rings is 5. The summed E-state index contributed by atoms with van der Waals surface area (Å²) in [5, 5.41) is 13.3. The van der Waals surface area contributed by atoms with Crippen LogP contribution in [0.2, 0.25) is 0 Å². The lowest BCUT2D eigenvalue weighted by molar-refractivity contribution is 0.477. The third-order valence-corrected chi connectivity index (χ3v) is 8.45. The lowest BCUT2D eigenvalue weighted by atomic mass is 9.94. The summed E-state index contributed by atoms with van der Waals surface area (Å²) in [5.41, 5.74) is 9.91. The molecule has 0 saturated heterocycles. The molecule has 7 aromatic rings. The second kappa shape index (κ2) is 11.1. The van der Waals surface area contributed by atoms with Crippen LogP contribution in [0.3, 0.4) is 0 Å². The van der Waals surface area contributed by atoms with Gasteiger partial charge in [-0.2, -0.15) is 0 Å². The Hall–Kier alpha value is -5.22. The predicted octanol–water partition coefficient (Wildman–Crippen LogP) is 10.5. The van der Waals surface area contributed by atoms with E-state index in [4.69, 9.17) is 9.97 Å². The first-order valence-electron chi connectivity index (χ1n) is 15.3. The minimum atomic E-state index is 0.198. The van der Waals surface area contributed by atoms with Crippen LogP contribution in [0.4, 0.5) is 0 Å². The molecule has 44 heavy (non-hydrogen) atoms. The Morgan fingerprint density at radius 2 is 1.27 bits per heavy atom. The number of hydrogen-bond acceptors (Lipinski definition) is 3.